The van der Waals surface area contributed by atoms with Crippen molar-refractivity contribution in [1.82, 2.24) is 20.4 Å². The van der Waals surface area contributed by atoms with Gasteiger partial charge in [0.25, 0.3) is 0 Å². The summed E-state index contributed by atoms with van der Waals surface area (Å²) in [6, 6.07) is 6.76. The Bertz CT molecular complexity index is 805. The van der Waals surface area contributed by atoms with Crippen LogP contribution in [0.5, 0.6) is 0 Å². The number of nitrogens with zero attached hydrogens (tertiary/aromatic N) is 4. The highest BCUT2D eigenvalue weighted by molar-refractivity contribution is 5.79. The molecule has 1 aliphatic heterocycles. The first-order valence-electron chi connectivity index (χ1n) is 9.26. The van der Waals surface area contributed by atoms with E-state index in [-0.39, 0.29) is 0 Å². The van der Waals surface area contributed by atoms with Crippen LogP contribution in [0, 0.1) is 13.8 Å². The van der Waals surface area contributed by atoms with Gasteiger partial charge in [-0.05, 0) is 43.9 Å². The van der Waals surface area contributed by atoms with Crippen molar-refractivity contribution in [2.75, 3.05) is 25.5 Å². The summed E-state index contributed by atoms with van der Waals surface area (Å²) in [6.45, 7) is 6.78. The molecular weight excluding hydrogens is 324 g/mol. The molecule has 0 spiro atoms. The molecule has 140 valence electrons. The van der Waals surface area contributed by atoms with E-state index in [9.17, 15) is 0 Å². The highest BCUT2D eigenvalue weighted by atomic mass is 15.3. The Balaban J connectivity index is 1.59. The third-order valence-electron chi connectivity index (χ3n) is 5.27. The van der Waals surface area contributed by atoms with Gasteiger partial charge in [0.2, 0.25) is 0 Å². The topological polar surface area (TPSA) is 57.5 Å². The summed E-state index contributed by atoms with van der Waals surface area (Å²) in [4.78, 5) is 6.69. The van der Waals surface area contributed by atoms with Crippen molar-refractivity contribution in [1.29, 1.82) is 0 Å². The van der Waals surface area contributed by atoms with Gasteiger partial charge in [-0.3, -0.25) is 9.67 Å². The molecule has 0 radical (unpaired) electrons. The van der Waals surface area contributed by atoms with Gasteiger partial charge in [-0.25, -0.2) is 0 Å². The molecule has 0 bridgehead atoms. The fourth-order valence-electron chi connectivity index (χ4n) is 3.60. The number of hydrogen-bond donors (Lipinski definition) is 2. The van der Waals surface area contributed by atoms with Crippen LogP contribution in [0.1, 0.15) is 34.5 Å². The van der Waals surface area contributed by atoms with E-state index < -0.39 is 0 Å². The molecule has 2 aromatic rings. The molecule has 1 aromatic carbocycles. The van der Waals surface area contributed by atoms with E-state index in [1.807, 2.05) is 18.7 Å². The molecule has 0 atom stereocenters. The molecule has 1 aliphatic rings. The SMILES string of the molecule is CN=C(NCc1ccc2c(c1)CCCN2C)NCc1c(C)nn(C)c1C. The van der Waals surface area contributed by atoms with Crippen molar-refractivity contribution in [3.05, 3.63) is 46.3 Å². The molecule has 0 fully saturated rings. The van der Waals surface area contributed by atoms with E-state index in [1.165, 1.54) is 40.9 Å². The molecule has 0 saturated heterocycles. The highest BCUT2D eigenvalue weighted by Gasteiger charge is 2.14. The number of hydrogen-bond acceptors (Lipinski definition) is 3. The van der Waals surface area contributed by atoms with E-state index >= 15 is 0 Å². The summed E-state index contributed by atoms with van der Waals surface area (Å²) >= 11 is 0. The Hall–Kier alpha value is -2.50. The van der Waals surface area contributed by atoms with Gasteiger partial charge in [0.15, 0.2) is 5.96 Å². The van der Waals surface area contributed by atoms with Crippen molar-refractivity contribution in [2.24, 2.45) is 12.0 Å². The maximum atomic E-state index is 4.47. The lowest BCUT2D eigenvalue weighted by Crippen LogP contribution is -2.36. The van der Waals surface area contributed by atoms with Crippen molar-refractivity contribution in [3.8, 4) is 0 Å². The zero-order valence-electron chi connectivity index (χ0n) is 16.6. The zero-order valence-corrected chi connectivity index (χ0v) is 16.6. The van der Waals surface area contributed by atoms with Gasteiger partial charge in [-0.1, -0.05) is 12.1 Å². The van der Waals surface area contributed by atoms with Crippen LogP contribution in [0.15, 0.2) is 23.2 Å². The number of guanidine groups is 1. The summed E-state index contributed by atoms with van der Waals surface area (Å²) in [5.74, 6) is 0.808. The number of benzene rings is 1. The van der Waals surface area contributed by atoms with Crippen LogP contribution in [0.3, 0.4) is 0 Å². The highest BCUT2D eigenvalue weighted by Crippen LogP contribution is 2.26. The molecule has 0 amide bonds. The fourth-order valence-corrected chi connectivity index (χ4v) is 3.60. The van der Waals surface area contributed by atoms with Gasteiger partial charge >= 0.3 is 0 Å². The van der Waals surface area contributed by atoms with Gasteiger partial charge < -0.3 is 15.5 Å². The largest absolute Gasteiger partial charge is 0.374 e. The quantitative estimate of drug-likeness (QED) is 0.653. The van der Waals surface area contributed by atoms with Crippen LogP contribution in [0.4, 0.5) is 5.69 Å². The maximum Gasteiger partial charge on any atom is 0.191 e. The number of rotatable bonds is 4. The molecule has 6 heteroatoms. The number of anilines is 1. The number of aromatic nitrogens is 2. The first-order valence-corrected chi connectivity index (χ1v) is 9.26. The van der Waals surface area contributed by atoms with Gasteiger partial charge in [0.05, 0.1) is 5.69 Å². The second-order valence-electron chi connectivity index (χ2n) is 7.04. The van der Waals surface area contributed by atoms with Crippen LogP contribution < -0.4 is 15.5 Å². The number of nitrogens with one attached hydrogen (secondary N) is 2. The Morgan fingerprint density at radius 3 is 2.65 bits per heavy atom. The molecule has 6 nitrogen and oxygen atoms in total. The molecule has 3 rings (SSSR count). The zero-order chi connectivity index (χ0) is 18.7. The first-order chi connectivity index (χ1) is 12.5. The summed E-state index contributed by atoms with van der Waals surface area (Å²) in [5.41, 5.74) is 7.58. The lowest BCUT2D eigenvalue weighted by molar-refractivity contribution is 0.728. The predicted molar refractivity (Wildman–Crippen MR) is 108 cm³/mol. The minimum atomic E-state index is 0.722. The van der Waals surface area contributed by atoms with Crippen LogP contribution in [-0.4, -0.2) is 36.4 Å². The molecule has 0 aliphatic carbocycles. The lowest BCUT2D eigenvalue weighted by Gasteiger charge is -2.28. The van der Waals surface area contributed by atoms with Gasteiger partial charge in [-0.15, -0.1) is 0 Å². The van der Waals surface area contributed by atoms with Crippen molar-refractivity contribution < 1.29 is 0 Å². The summed E-state index contributed by atoms with van der Waals surface area (Å²) in [5, 5.41) is 11.3. The molecule has 2 heterocycles. The van der Waals surface area contributed by atoms with Crippen LogP contribution in [0.2, 0.25) is 0 Å². The standard InChI is InChI=1S/C20H30N6/c1-14-18(15(2)26(5)24-14)13-23-20(21-3)22-12-16-8-9-19-17(11-16)7-6-10-25(19)4/h8-9,11H,6-7,10,12-13H2,1-5H3,(H2,21,22,23). The molecule has 2 N–H and O–H groups in total. The normalized spacial score (nSPS) is 14.3. The number of aryl methyl sites for hydroxylation is 3. The van der Waals surface area contributed by atoms with E-state index in [4.69, 9.17) is 0 Å². The Morgan fingerprint density at radius 1 is 1.19 bits per heavy atom. The average Bonchev–Trinajstić information content (AvgIpc) is 2.87. The minimum absolute atomic E-state index is 0.722. The van der Waals surface area contributed by atoms with Crippen molar-refractivity contribution in [2.45, 2.75) is 39.8 Å². The second kappa shape index (κ2) is 7.81. The van der Waals surface area contributed by atoms with Gasteiger partial charge in [0, 0.05) is 57.7 Å². The molecule has 1 aromatic heterocycles. The maximum absolute atomic E-state index is 4.47. The summed E-state index contributed by atoms with van der Waals surface area (Å²) < 4.78 is 1.92. The van der Waals surface area contributed by atoms with Crippen LogP contribution in [-0.2, 0) is 26.6 Å². The van der Waals surface area contributed by atoms with Crippen LogP contribution in [0.25, 0.3) is 0 Å². The predicted octanol–water partition coefficient (Wildman–Crippen LogP) is 2.28. The van der Waals surface area contributed by atoms with Gasteiger partial charge in [0.1, 0.15) is 0 Å². The molecule has 0 unspecified atom stereocenters. The second-order valence-corrected chi connectivity index (χ2v) is 7.04. The van der Waals surface area contributed by atoms with Crippen molar-refractivity contribution in [3.63, 3.8) is 0 Å². The van der Waals surface area contributed by atoms with E-state index in [2.05, 4.69) is 57.8 Å². The third kappa shape index (κ3) is 3.84. The smallest absolute Gasteiger partial charge is 0.191 e. The van der Waals surface area contributed by atoms with Crippen LogP contribution >= 0.6 is 0 Å². The lowest BCUT2D eigenvalue weighted by atomic mass is 9.99. The fraction of sp³-hybridized carbons (Fsp3) is 0.500. The number of aliphatic imine (C=N–C) groups is 1. The average molecular weight is 355 g/mol. The third-order valence-corrected chi connectivity index (χ3v) is 5.27. The Morgan fingerprint density at radius 2 is 1.96 bits per heavy atom. The Kier molecular flexibility index (Phi) is 5.49. The molecule has 0 saturated carbocycles. The minimum Gasteiger partial charge on any atom is -0.374 e. The monoisotopic (exact) mass is 354 g/mol. The van der Waals surface area contributed by atoms with Gasteiger partial charge in [-0.2, -0.15) is 5.10 Å². The van der Waals surface area contributed by atoms with E-state index in [0.29, 0.717) is 0 Å². The van der Waals surface area contributed by atoms with Crippen molar-refractivity contribution >= 4 is 11.6 Å². The Labute approximate surface area is 156 Å². The summed E-state index contributed by atoms with van der Waals surface area (Å²) in [6.07, 6.45) is 2.40. The van der Waals surface area contributed by atoms with E-state index in [1.54, 1.807) is 7.05 Å². The molecule has 26 heavy (non-hydrogen) atoms. The summed E-state index contributed by atoms with van der Waals surface area (Å²) in [7, 11) is 5.95. The molecular formula is C20H30N6. The van der Waals surface area contributed by atoms with E-state index in [0.717, 1.165) is 31.3 Å². The number of fused-ring (bicyclic) bond motifs is 1. The first kappa shape index (κ1) is 18.3.